The minimum Gasteiger partial charge on any atom is -0.325 e. The summed E-state index contributed by atoms with van der Waals surface area (Å²) in [5, 5.41) is 8.86. The van der Waals surface area contributed by atoms with Crippen LogP contribution in [0.5, 0.6) is 0 Å². The normalized spacial score (nSPS) is 17.1. The molecule has 1 aliphatic rings. The predicted octanol–water partition coefficient (Wildman–Crippen LogP) is 2.13. The Hall–Kier alpha value is -2.77. The third-order valence-electron chi connectivity index (χ3n) is 4.84. The molecule has 3 aromatic heterocycles. The zero-order valence-corrected chi connectivity index (χ0v) is 15.3. The van der Waals surface area contributed by atoms with Crippen LogP contribution in [0.2, 0.25) is 0 Å². The fourth-order valence-electron chi connectivity index (χ4n) is 3.34. The molecule has 0 saturated carbocycles. The second kappa shape index (κ2) is 6.51. The van der Waals surface area contributed by atoms with E-state index in [2.05, 4.69) is 29.0 Å². The highest BCUT2D eigenvalue weighted by molar-refractivity contribution is 5.93. The maximum atomic E-state index is 13.1. The van der Waals surface area contributed by atoms with Gasteiger partial charge in [-0.25, -0.2) is 19.2 Å². The van der Waals surface area contributed by atoms with E-state index in [1.54, 1.807) is 23.0 Å². The Morgan fingerprint density at radius 3 is 3.00 bits per heavy atom. The molecule has 136 valence electrons. The number of imidazole rings is 1. The highest BCUT2D eigenvalue weighted by atomic mass is 16.2. The van der Waals surface area contributed by atoms with Crippen molar-refractivity contribution in [3.8, 4) is 0 Å². The molecule has 1 atom stereocenters. The third kappa shape index (κ3) is 2.85. The van der Waals surface area contributed by atoms with Crippen LogP contribution < -0.4 is 0 Å². The van der Waals surface area contributed by atoms with Crippen molar-refractivity contribution in [2.45, 2.75) is 46.2 Å². The molecule has 0 aromatic carbocycles. The van der Waals surface area contributed by atoms with Crippen LogP contribution in [0.25, 0.3) is 5.65 Å². The van der Waals surface area contributed by atoms with Crippen LogP contribution >= 0.6 is 0 Å². The van der Waals surface area contributed by atoms with Crippen molar-refractivity contribution in [3.63, 3.8) is 0 Å². The van der Waals surface area contributed by atoms with Crippen LogP contribution in [-0.2, 0) is 13.0 Å². The quantitative estimate of drug-likeness (QED) is 0.718. The monoisotopic (exact) mass is 353 g/mol. The number of aryl methyl sites for hydroxylation is 1. The van der Waals surface area contributed by atoms with E-state index in [0.717, 1.165) is 24.5 Å². The van der Waals surface area contributed by atoms with Gasteiger partial charge in [0.05, 0.1) is 18.8 Å². The summed E-state index contributed by atoms with van der Waals surface area (Å²) in [5.41, 5.74) is 1.14. The molecule has 0 fully saturated rings. The van der Waals surface area contributed by atoms with Gasteiger partial charge >= 0.3 is 0 Å². The van der Waals surface area contributed by atoms with Crippen molar-refractivity contribution in [2.24, 2.45) is 5.92 Å². The summed E-state index contributed by atoms with van der Waals surface area (Å²) in [5.74, 6) is 2.26. The van der Waals surface area contributed by atoms with Crippen LogP contribution in [-0.4, -0.2) is 46.7 Å². The Morgan fingerprint density at radius 2 is 2.19 bits per heavy atom. The molecule has 4 heterocycles. The second-order valence-corrected chi connectivity index (χ2v) is 7.15. The van der Waals surface area contributed by atoms with E-state index in [1.165, 1.54) is 0 Å². The molecule has 1 amide bonds. The molecule has 0 bridgehead atoms. The van der Waals surface area contributed by atoms with Crippen molar-refractivity contribution >= 4 is 11.6 Å². The molecule has 0 N–H and O–H groups in total. The molecule has 8 nitrogen and oxygen atoms in total. The Morgan fingerprint density at radius 1 is 1.35 bits per heavy atom. The first kappa shape index (κ1) is 16.7. The standard InChI is InChI=1S/C18H23N7O/c1-12(2)6-7-15-21-17-13(3)23(9-10-24(17)22-15)18(26)14-11-19-16-5-4-8-20-25(14)16/h4-5,8,11-13H,6-7,9-10H2,1-3H3/t13-/m1/s1. The first-order valence-electron chi connectivity index (χ1n) is 9.08. The summed E-state index contributed by atoms with van der Waals surface area (Å²) < 4.78 is 3.53. The Balaban J connectivity index is 1.58. The van der Waals surface area contributed by atoms with E-state index in [4.69, 9.17) is 4.98 Å². The van der Waals surface area contributed by atoms with Gasteiger partial charge in [-0.2, -0.15) is 10.2 Å². The Labute approximate surface area is 151 Å². The number of rotatable bonds is 4. The van der Waals surface area contributed by atoms with Gasteiger partial charge in [-0.1, -0.05) is 13.8 Å². The number of aromatic nitrogens is 6. The third-order valence-corrected chi connectivity index (χ3v) is 4.84. The molecule has 0 saturated heterocycles. The molecular weight excluding hydrogens is 330 g/mol. The zero-order valence-electron chi connectivity index (χ0n) is 15.3. The maximum absolute atomic E-state index is 13.1. The SMILES string of the molecule is CC(C)CCc1nc2n(n1)CCN(C(=O)c1cnc3cccnn13)[C@@H]2C. The summed E-state index contributed by atoms with van der Waals surface area (Å²) >= 11 is 0. The van der Waals surface area contributed by atoms with Crippen LogP contribution in [0, 0.1) is 5.92 Å². The van der Waals surface area contributed by atoms with Crippen molar-refractivity contribution < 1.29 is 4.79 Å². The highest BCUT2D eigenvalue weighted by Gasteiger charge is 2.32. The second-order valence-electron chi connectivity index (χ2n) is 7.15. The number of hydrogen-bond donors (Lipinski definition) is 0. The van der Waals surface area contributed by atoms with Gasteiger partial charge in [0.25, 0.3) is 5.91 Å². The minimum absolute atomic E-state index is 0.0818. The summed E-state index contributed by atoms with van der Waals surface area (Å²) in [4.78, 5) is 23.9. The van der Waals surface area contributed by atoms with Gasteiger partial charge in [0.1, 0.15) is 5.82 Å². The summed E-state index contributed by atoms with van der Waals surface area (Å²) in [7, 11) is 0. The molecule has 0 unspecified atom stereocenters. The zero-order chi connectivity index (χ0) is 18.3. The van der Waals surface area contributed by atoms with E-state index in [1.807, 2.05) is 22.6 Å². The topological polar surface area (TPSA) is 81.2 Å². The van der Waals surface area contributed by atoms with Crippen molar-refractivity contribution in [2.75, 3.05) is 6.54 Å². The molecule has 0 spiro atoms. The maximum Gasteiger partial charge on any atom is 0.274 e. The summed E-state index contributed by atoms with van der Waals surface area (Å²) in [6.45, 7) is 7.65. The fraction of sp³-hybridized carbons (Fsp3) is 0.500. The van der Waals surface area contributed by atoms with Crippen LogP contribution in [0.4, 0.5) is 0 Å². The van der Waals surface area contributed by atoms with E-state index in [9.17, 15) is 4.79 Å². The van der Waals surface area contributed by atoms with Crippen LogP contribution in [0.3, 0.4) is 0 Å². The highest BCUT2D eigenvalue weighted by Crippen LogP contribution is 2.25. The average Bonchev–Trinajstić information content (AvgIpc) is 3.24. The van der Waals surface area contributed by atoms with Gasteiger partial charge in [0.15, 0.2) is 17.2 Å². The average molecular weight is 353 g/mol. The molecule has 26 heavy (non-hydrogen) atoms. The number of fused-ring (bicyclic) bond motifs is 2. The van der Waals surface area contributed by atoms with E-state index >= 15 is 0 Å². The molecular formula is C18H23N7O. The largest absolute Gasteiger partial charge is 0.325 e. The molecule has 4 rings (SSSR count). The lowest BCUT2D eigenvalue weighted by Gasteiger charge is -2.32. The molecule has 8 heteroatoms. The van der Waals surface area contributed by atoms with E-state index in [-0.39, 0.29) is 11.9 Å². The number of nitrogens with zero attached hydrogens (tertiary/aromatic N) is 7. The molecule has 3 aromatic rings. The lowest BCUT2D eigenvalue weighted by Crippen LogP contribution is -2.42. The van der Waals surface area contributed by atoms with Crippen molar-refractivity contribution in [1.82, 2.24) is 34.3 Å². The van der Waals surface area contributed by atoms with Crippen molar-refractivity contribution in [1.29, 1.82) is 0 Å². The van der Waals surface area contributed by atoms with E-state index in [0.29, 0.717) is 30.3 Å². The van der Waals surface area contributed by atoms with Crippen LogP contribution in [0.1, 0.15) is 55.4 Å². The predicted molar refractivity (Wildman–Crippen MR) is 95.6 cm³/mol. The minimum atomic E-state index is -0.134. The lowest BCUT2D eigenvalue weighted by atomic mass is 10.1. The number of amides is 1. The van der Waals surface area contributed by atoms with Gasteiger partial charge < -0.3 is 4.90 Å². The van der Waals surface area contributed by atoms with Gasteiger partial charge in [-0.15, -0.1) is 0 Å². The summed E-state index contributed by atoms with van der Waals surface area (Å²) in [6.07, 6.45) is 5.18. The Kier molecular flexibility index (Phi) is 4.18. The number of carbonyl (C=O) groups is 1. The van der Waals surface area contributed by atoms with Crippen LogP contribution in [0.15, 0.2) is 24.5 Å². The Bertz CT molecular complexity index is 942. The van der Waals surface area contributed by atoms with Gasteiger partial charge in [-0.05, 0) is 31.4 Å². The molecule has 1 aliphatic heterocycles. The van der Waals surface area contributed by atoms with Gasteiger partial charge in [0.2, 0.25) is 0 Å². The molecule has 0 radical (unpaired) electrons. The van der Waals surface area contributed by atoms with Gasteiger partial charge in [0, 0.05) is 19.2 Å². The first-order chi connectivity index (χ1) is 12.5. The summed E-state index contributed by atoms with van der Waals surface area (Å²) in [6, 6.07) is 3.51. The molecule has 0 aliphatic carbocycles. The fourth-order valence-corrected chi connectivity index (χ4v) is 3.34. The van der Waals surface area contributed by atoms with Gasteiger partial charge in [-0.3, -0.25) is 4.79 Å². The lowest BCUT2D eigenvalue weighted by molar-refractivity contribution is 0.0622. The first-order valence-corrected chi connectivity index (χ1v) is 9.08. The number of carbonyl (C=O) groups excluding carboxylic acids is 1. The smallest absolute Gasteiger partial charge is 0.274 e. The van der Waals surface area contributed by atoms with Crippen molar-refractivity contribution in [3.05, 3.63) is 41.9 Å². The number of hydrogen-bond acceptors (Lipinski definition) is 5. The van der Waals surface area contributed by atoms with E-state index < -0.39 is 0 Å².